The quantitative estimate of drug-likeness (QED) is 0.633. The Morgan fingerprint density at radius 1 is 0.611 bits per heavy atom. The smallest absolute Gasteiger partial charge is 0.119 e. The predicted octanol–water partition coefficient (Wildman–Crippen LogP) is 4.35. The van der Waals surface area contributed by atoms with Gasteiger partial charge in [-0.05, 0) is 62.8 Å². The highest BCUT2D eigenvalue weighted by atomic mass is 16.5. The Morgan fingerprint density at radius 2 is 1.06 bits per heavy atom. The normalized spacial score (nSPS) is 19.8. The molecule has 0 aromatic heterocycles. The van der Waals surface area contributed by atoms with Crippen LogP contribution in [0.4, 0.5) is 0 Å². The first-order valence-electron chi connectivity index (χ1n) is 6.96. The van der Waals surface area contributed by atoms with Gasteiger partial charge in [0.05, 0.1) is 13.2 Å². The molecule has 0 amide bonds. The van der Waals surface area contributed by atoms with Crippen LogP contribution >= 0.6 is 0 Å². The summed E-state index contributed by atoms with van der Waals surface area (Å²) in [6.07, 6.45) is 11.6. The van der Waals surface area contributed by atoms with Crippen molar-refractivity contribution in [2.45, 2.75) is 38.5 Å². The zero-order valence-electron chi connectivity index (χ0n) is 10.9. The summed E-state index contributed by atoms with van der Waals surface area (Å²) in [5, 5.41) is 0. The van der Waals surface area contributed by atoms with Crippen molar-refractivity contribution < 1.29 is 9.47 Å². The summed E-state index contributed by atoms with van der Waals surface area (Å²) in [5.41, 5.74) is 0. The summed E-state index contributed by atoms with van der Waals surface area (Å²) in [4.78, 5) is 0. The highest BCUT2D eigenvalue weighted by molar-refractivity contribution is 5.31. The minimum Gasteiger partial charge on any atom is -0.494 e. The molecule has 0 atom stereocenters. The van der Waals surface area contributed by atoms with Crippen LogP contribution < -0.4 is 9.47 Å². The van der Waals surface area contributed by atoms with E-state index >= 15 is 0 Å². The molecule has 2 bridgehead atoms. The van der Waals surface area contributed by atoms with Gasteiger partial charge in [-0.2, -0.15) is 0 Å². The number of allylic oxidation sites excluding steroid dienone is 2. The van der Waals surface area contributed by atoms with Gasteiger partial charge in [-0.1, -0.05) is 12.2 Å². The van der Waals surface area contributed by atoms with Gasteiger partial charge in [0.15, 0.2) is 0 Å². The SMILES string of the molecule is C1=C\CCCCOc2ccc(cc2)OCCCC/1. The van der Waals surface area contributed by atoms with Gasteiger partial charge in [0.2, 0.25) is 0 Å². The van der Waals surface area contributed by atoms with E-state index in [9.17, 15) is 0 Å². The van der Waals surface area contributed by atoms with E-state index in [4.69, 9.17) is 9.47 Å². The monoisotopic (exact) mass is 246 g/mol. The minimum absolute atomic E-state index is 0.800. The van der Waals surface area contributed by atoms with E-state index in [0.717, 1.165) is 37.6 Å². The van der Waals surface area contributed by atoms with Crippen molar-refractivity contribution in [3.8, 4) is 11.5 Å². The molecule has 0 fully saturated rings. The van der Waals surface area contributed by atoms with Crippen LogP contribution in [0.1, 0.15) is 38.5 Å². The number of benzene rings is 1. The van der Waals surface area contributed by atoms with Crippen molar-refractivity contribution >= 4 is 0 Å². The average Bonchev–Trinajstić information content (AvgIpc) is 2.40. The summed E-state index contributed by atoms with van der Waals surface area (Å²) in [7, 11) is 0. The number of rotatable bonds is 0. The zero-order chi connectivity index (χ0) is 12.5. The first kappa shape index (κ1) is 13.0. The largest absolute Gasteiger partial charge is 0.494 e. The third kappa shape index (κ3) is 4.82. The van der Waals surface area contributed by atoms with Crippen LogP contribution in [-0.2, 0) is 0 Å². The molecule has 2 nitrogen and oxygen atoms in total. The summed E-state index contributed by atoms with van der Waals surface area (Å²) < 4.78 is 11.4. The zero-order valence-corrected chi connectivity index (χ0v) is 10.9. The van der Waals surface area contributed by atoms with Crippen molar-refractivity contribution in [1.29, 1.82) is 0 Å². The lowest BCUT2D eigenvalue weighted by atomic mass is 10.2. The molecule has 98 valence electrons. The Labute approximate surface area is 110 Å². The first-order chi connectivity index (χ1) is 8.95. The predicted molar refractivity (Wildman–Crippen MR) is 74.3 cm³/mol. The second-order valence-corrected chi connectivity index (χ2v) is 4.63. The topological polar surface area (TPSA) is 18.5 Å². The van der Waals surface area contributed by atoms with Crippen LogP contribution in [0, 0.1) is 0 Å². The van der Waals surface area contributed by atoms with Gasteiger partial charge in [-0.3, -0.25) is 0 Å². The molecule has 0 spiro atoms. The molecule has 2 aliphatic heterocycles. The lowest BCUT2D eigenvalue weighted by molar-refractivity contribution is 0.298. The highest BCUT2D eigenvalue weighted by Gasteiger charge is 1.97. The van der Waals surface area contributed by atoms with E-state index in [-0.39, 0.29) is 0 Å². The third-order valence-electron chi connectivity index (χ3n) is 3.06. The van der Waals surface area contributed by atoms with E-state index in [1.807, 2.05) is 24.3 Å². The number of ether oxygens (including phenoxy) is 2. The van der Waals surface area contributed by atoms with Crippen LogP contribution in [0.15, 0.2) is 36.4 Å². The molecule has 2 aliphatic rings. The number of fused-ring (bicyclic) bond motifs is 12. The van der Waals surface area contributed by atoms with Crippen molar-refractivity contribution in [1.82, 2.24) is 0 Å². The van der Waals surface area contributed by atoms with Gasteiger partial charge in [-0.15, -0.1) is 0 Å². The fraction of sp³-hybridized carbons (Fsp3) is 0.500. The van der Waals surface area contributed by atoms with Crippen LogP contribution in [0.25, 0.3) is 0 Å². The highest BCUT2D eigenvalue weighted by Crippen LogP contribution is 2.18. The third-order valence-corrected chi connectivity index (χ3v) is 3.06. The fourth-order valence-electron chi connectivity index (χ4n) is 1.98. The van der Waals surface area contributed by atoms with E-state index in [1.165, 1.54) is 25.7 Å². The van der Waals surface area contributed by atoms with Gasteiger partial charge in [0, 0.05) is 0 Å². The molecule has 3 rings (SSSR count). The minimum atomic E-state index is 0.800. The van der Waals surface area contributed by atoms with Crippen molar-refractivity contribution in [3.05, 3.63) is 36.4 Å². The fourth-order valence-corrected chi connectivity index (χ4v) is 1.98. The molecule has 0 saturated heterocycles. The molecule has 0 radical (unpaired) electrons. The van der Waals surface area contributed by atoms with Crippen molar-refractivity contribution in [2.24, 2.45) is 0 Å². The van der Waals surface area contributed by atoms with E-state index < -0.39 is 0 Å². The Hall–Kier alpha value is -1.44. The molecule has 2 heterocycles. The Kier molecular flexibility index (Phi) is 5.64. The standard InChI is InChI=1S/C16H22O2/c1-2-4-6-8-14-18-16-11-9-15(10-12-16)17-13-7-5-3-1/h1-2,9-12H,3-8,13-14H2/b2-1-. The maximum atomic E-state index is 5.68. The maximum Gasteiger partial charge on any atom is 0.119 e. The lowest BCUT2D eigenvalue weighted by Gasteiger charge is -2.09. The second kappa shape index (κ2) is 7.80. The summed E-state index contributed by atoms with van der Waals surface area (Å²) in [6, 6.07) is 7.95. The average molecular weight is 246 g/mol. The van der Waals surface area contributed by atoms with Gasteiger partial charge in [0.1, 0.15) is 11.5 Å². The molecule has 0 N–H and O–H groups in total. The van der Waals surface area contributed by atoms with Gasteiger partial charge >= 0.3 is 0 Å². The van der Waals surface area contributed by atoms with Crippen LogP contribution in [-0.4, -0.2) is 13.2 Å². The lowest BCUT2D eigenvalue weighted by Crippen LogP contribution is -1.99. The van der Waals surface area contributed by atoms with E-state index in [2.05, 4.69) is 12.2 Å². The first-order valence-corrected chi connectivity index (χ1v) is 6.96. The Balaban J connectivity index is 1.88. The molecule has 0 aliphatic carbocycles. The Bertz CT molecular complexity index is 319. The molecule has 2 heteroatoms. The van der Waals surface area contributed by atoms with Crippen LogP contribution in [0.2, 0.25) is 0 Å². The summed E-state index contributed by atoms with van der Waals surface area (Å²) in [6.45, 7) is 1.60. The number of hydrogen-bond donors (Lipinski definition) is 0. The molecular weight excluding hydrogens is 224 g/mol. The van der Waals surface area contributed by atoms with Gasteiger partial charge < -0.3 is 9.47 Å². The molecule has 0 unspecified atom stereocenters. The molecule has 0 saturated carbocycles. The molecule has 1 aromatic rings. The molecular formula is C16H22O2. The Morgan fingerprint density at radius 3 is 1.50 bits per heavy atom. The molecule has 18 heavy (non-hydrogen) atoms. The second-order valence-electron chi connectivity index (χ2n) is 4.63. The van der Waals surface area contributed by atoms with Crippen molar-refractivity contribution in [2.75, 3.05) is 13.2 Å². The van der Waals surface area contributed by atoms with Gasteiger partial charge in [-0.25, -0.2) is 0 Å². The van der Waals surface area contributed by atoms with Crippen LogP contribution in [0.5, 0.6) is 11.5 Å². The van der Waals surface area contributed by atoms with E-state index in [1.54, 1.807) is 0 Å². The summed E-state index contributed by atoms with van der Waals surface area (Å²) >= 11 is 0. The number of hydrogen-bond acceptors (Lipinski definition) is 2. The van der Waals surface area contributed by atoms with Gasteiger partial charge in [0.25, 0.3) is 0 Å². The van der Waals surface area contributed by atoms with Crippen molar-refractivity contribution in [3.63, 3.8) is 0 Å². The van der Waals surface area contributed by atoms with E-state index in [0.29, 0.717) is 0 Å². The molecule has 1 aromatic carbocycles. The van der Waals surface area contributed by atoms with Crippen LogP contribution in [0.3, 0.4) is 0 Å². The summed E-state index contributed by atoms with van der Waals surface area (Å²) in [5.74, 6) is 1.87. The maximum absolute atomic E-state index is 5.68.